The molecule has 0 saturated heterocycles. The topological polar surface area (TPSA) is 59.5 Å². The Kier molecular flexibility index (Phi) is 3.61. The number of aromatic nitrogens is 3. The van der Waals surface area contributed by atoms with Crippen LogP contribution in [0, 0.1) is 12.8 Å². The highest BCUT2D eigenvalue weighted by atomic mass is 15.4. The average Bonchev–Trinajstić information content (AvgIpc) is 3.05. The van der Waals surface area contributed by atoms with Crippen molar-refractivity contribution >= 4 is 11.6 Å². The van der Waals surface area contributed by atoms with Gasteiger partial charge in [0.2, 0.25) is 5.95 Å². The van der Waals surface area contributed by atoms with E-state index in [1.165, 1.54) is 24.8 Å². The third kappa shape index (κ3) is 2.26. The van der Waals surface area contributed by atoms with E-state index in [-0.39, 0.29) is 0 Å². The Morgan fingerprint density at radius 3 is 3.00 bits per heavy atom. The molecule has 1 aliphatic carbocycles. The van der Waals surface area contributed by atoms with Gasteiger partial charge in [0.15, 0.2) is 5.65 Å². The first kappa shape index (κ1) is 13.4. The SMILES string of the molecule is CCN(c1nc2ccc(C)cn2n1)C1CCCC1CN. The Morgan fingerprint density at radius 2 is 2.25 bits per heavy atom. The Balaban J connectivity index is 1.94. The average molecular weight is 273 g/mol. The van der Waals surface area contributed by atoms with E-state index in [9.17, 15) is 0 Å². The van der Waals surface area contributed by atoms with Crippen LogP contribution in [0.4, 0.5) is 5.95 Å². The maximum Gasteiger partial charge on any atom is 0.245 e. The number of fused-ring (bicyclic) bond motifs is 1. The lowest BCUT2D eigenvalue weighted by Gasteiger charge is -2.30. The highest BCUT2D eigenvalue weighted by Crippen LogP contribution is 2.31. The quantitative estimate of drug-likeness (QED) is 0.925. The predicted octanol–water partition coefficient (Wildman–Crippen LogP) is 1.99. The minimum Gasteiger partial charge on any atom is -0.336 e. The third-order valence-corrected chi connectivity index (χ3v) is 4.39. The van der Waals surface area contributed by atoms with Crippen LogP contribution in [0.15, 0.2) is 18.3 Å². The van der Waals surface area contributed by atoms with E-state index in [0.717, 1.165) is 24.7 Å². The number of aryl methyl sites for hydroxylation is 1. The van der Waals surface area contributed by atoms with Gasteiger partial charge in [0.1, 0.15) is 0 Å². The number of pyridine rings is 1. The second-order valence-electron chi connectivity index (χ2n) is 5.70. The van der Waals surface area contributed by atoms with Crippen LogP contribution in [-0.2, 0) is 0 Å². The van der Waals surface area contributed by atoms with Crippen molar-refractivity contribution in [1.82, 2.24) is 14.6 Å². The summed E-state index contributed by atoms with van der Waals surface area (Å²) in [5.74, 6) is 1.41. The van der Waals surface area contributed by atoms with Gasteiger partial charge in [-0.3, -0.25) is 0 Å². The highest BCUT2D eigenvalue weighted by molar-refractivity contribution is 5.46. The summed E-state index contributed by atoms with van der Waals surface area (Å²) in [6, 6.07) is 4.58. The van der Waals surface area contributed by atoms with Crippen LogP contribution in [0.3, 0.4) is 0 Å². The second-order valence-corrected chi connectivity index (χ2v) is 5.70. The largest absolute Gasteiger partial charge is 0.336 e. The summed E-state index contributed by atoms with van der Waals surface area (Å²) < 4.78 is 1.87. The van der Waals surface area contributed by atoms with Gasteiger partial charge in [-0.15, -0.1) is 5.10 Å². The van der Waals surface area contributed by atoms with E-state index in [4.69, 9.17) is 5.73 Å². The van der Waals surface area contributed by atoms with Gasteiger partial charge in [-0.25, -0.2) is 4.52 Å². The van der Waals surface area contributed by atoms with Crippen molar-refractivity contribution in [2.24, 2.45) is 11.7 Å². The van der Waals surface area contributed by atoms with Crippen LogP contribution < -0.4 is 10.6 Å². The van der Waals surface area contributed by atoms with Crippen molar-refractivity contribution in [3.8, 4) is 0 Å². The smallest absolute Gasteiger partial charge is 0.245 e. The summed E-state index contributed by atoms with van der Waals surface area (Å²) >= 11 is 0. The van der Waals surface area contributed by atoms with Gasteiger partial charge in [-0.2, -0.15) is 4.98 Å². The molecule has 0 bridgehead atoms. The first-order valence-corrected chi connectivity index (χ1v) is 7.52. The fraction of sp³-hybridized carbons (Fsp3) is 0.600. The van der Waals surface area contributed by atoms with Gasteiger partial charge in [-0.05, 0) is 50.8 Å². The molecule has 0 spiro atoms. The van der Waals surface area contributed by atoms with E-state index >= 15 is 0 Å². The zero-order valence-electron chi connectivity index (χ0n) is 12.3. The summed E-state index contributed by atoms with van der Waals surface area (Å²) in [6.07, 6.45) is 5.71. The normalized spacial score (nSPS) is 22.6. The minimum absolute atomic E-state index is 0.489. The van der Waals surface area contributed by atoms with Crippen molar-refractivity contribution in [3.05, 3.63) is 23.9 Å². The predicted molar refractivity (Wildman–Crippen MR) is 80.9 cm³/mol. The first-order chi connectivity index (χ1) is 9.72. The second kappa shape index (κ2) is 5.40. The Labute approximate surface area is 119 Å². The van der Waals surface area contributed by atoms with Crippen molar-refractivity contribution in [1.29, 1.82) is 0 Å². The van der Waals surface area contributed by atoms with E-state index in [2.05, 4.69) is 34.9 Å². The molecule has 3 rings (SSSR count). The fourth-order valence-corrected chi connectivity index (χ4v) is 3.32. The molecular weight excluding hydrogens is 250 g/mol. The molecule has 2 N–H and O–H groups in total. The van der Waals surface area contributed by atoms with E-state index in [1.54, 1.807) is 0 Å². The van der Waals surface area contributed by atoms with Crippen LogP contribution in [0.25, 0.3) is 5.65 Å². The van der Waals surface area contributed by atoms with E-state index < -0.39 is 0 Å². The van der Waals surface area contributed by atoms with Gasteiger partial charge < -0.3 is 10.6 Å². The number of hydrogen-bond donors (Lipinski definition) is 1. The maximum absolute atomic E-state index is 5.92. The van der Waals surface area contributed by atoms with E-state index in [0.29, 0.717) is 12.0 Å². The number of anilines is 1. The number of hydrogen-bond acceptors (Lipinski definition) is 4. The molecule has 5 heteroatoms. The summed E-state index contributed by atoms with van der Waals surface area (Å²) in [6.45, 7) is 5.92. The van der Waals surface area contributed by atoms with Gasteiger partial charge in [0.05, 0.1) is 0 Å². The van der Waals surface area contributed by atoms with E-state index in [1.807, 2.05) is 16.8 Å². The summed E-state index contributed by atoms with van der Waals surface area (Å²) in [5, 5.41) is 4.65. The molecule has 0 aliphatic heterocycles. The number of rotatable bonds is 4. The molecule has 1 fully saturated rings. The number of nitrogens with two attached hydrogens (primary N) is 1. The van der Waals surface area contributed by atoms with Crippen LogP contribution in [-0.4, -0.2) is 33.7 Å². The Bertz CT molecular complexity index is 591. The fourth-order valence-electron chi connectivity index (χ4n) is 3.32. The van der Waals surface area contributed by atoms with Crippen LogP contribution in [0.2, 0.25) is 0 Å². The van der Waals surface area contributed by atoms with Gasteiger partial charge >= 0.3 is 0 Å². The molecule has 20 heavy (non-hydrogen) atoms. The molecular formula is C15H23N5. The highest BCUT2D eigenvalue weighted by Gasteiger charge is 2.32. The first-order valence-electron chi connectivity index (χ1n) is 7.52. The molecule has 108 valence electrons. The molecule has 2 heterocycles. The lowest BCUT2D eigenvalue weighted by atomic mass is 10.0. The van der Waals surface area contributed by atoms with Gasteiger partial charge in [-0.1, -0.05) is 12.5 Å². The molecule has 0 radical (unpaired) electrons. The third-order valence-electron chi connectivity index (χ3n) is 4.39. The molecule has 0 aromatic carbocycles. The molecule has 1 aliphatic rings. The Hall–Kier alpha value is -1.62. The summed E-state index contributed by atoms with van der Waals surface area (Å²) in [7, 11) is 0. The standard InChI is InChI=1S/C15H23N5/c1-3-19(13-6-4-5-12(13)9-16)15-17-14-8-7-11(2)10-20(14)18-15/h7-8,10,12-13H,3-6,9,16H2,1-2H3. The van der Waals surface area contributed by atoms with Crippen LogP contribution in [0.5, 0.6) is 0 Å². The monoisotopic (exact) mass is 273 g/mol. The van der Waals surface area contributed by atoms with Crippen LogP contribution in [0.1, 0.15) is 31.7 Å². The molecule has 2 aromatic rings. The zero-order valence-corrected chi connectivity index (χ0v) is 12.3. The van der Waals surface area contributed by atoms with Crippen molar-refractivity contribution in [2.75, 3.05) is 18.0 Å². The van der Waals surface area contributed by atoms with Crippen molar-refractivity contribution < 1.29 is 0 Å². The molecule has 1 saturated carbocycles. The maximum atomic E-state index is 5.92. The van der Waals surface area contributed by atoms with Gasteiger partial charge in [0.25, 0.3) is 0 Å². The lowest BCUT2D eigenvalue weighted by molar-refractivity contribution is 0.456. The van der Waals surface area contributed by atoms with Crippen molar-refractivity contribution in [2.45, 2.75) is 39.2 Å². The summed E-state index contributed by atoms with van der Waals surface area (Å²) in [5.41, 5.74) is 8.02. The minimum atomic E-state index is 0.489. The van der Waals surface area contributed by atoms with Crippen LogP contribution >= 0.6 is 0 Å². The molecule has 2 atom stereocenters. The molecule has 2 unspecified atom stereocenters. The van der Waals surface area contributed by atoms with Gasteiger partial charge in [0, 0.05) is 18.8 Å². The Morgan fingerprint density at radius 1 is 1.40 bits per heavy atom. The summed E-state index contributed by atoms with van der Waals surface area (Å²) in [4.78, 5) is 7.00. The lowest BCUT2D eigenvalue weighted by Crippen LogP contribution is -2.41. The zero-order chi connectivity index (χ0) is 14.1. The molecule has 2 aromatic heterocycles. The number of nitrogens with zero attached hydrogens (tertiary/aromatic N) is 4. The molecule has 5 nitrogen and oxygen atoms in total. The van der Waals surface area contributed by atoms with Crippen molar-refractivity contribution in [3.63, 3.8) is 0 Å². The molecule has 0 amide bonds.